The van der Waals surface area contributed by atoms with Crippen LogP contribution in [0, 0.1) is 0 Å². The predicted molar refractivity (Wildman–Crippen MR) is 63.9 cm³/mol. The second-order valence-corrected chi connectivity index (χ2v) is 4.19. The average Bonchev–Trinajstić information content (AvgIpc) is 2.30. The molecule has 82 valence electrons. The van der Waals surface area contributed by atoms with E-state index in [9.17, 15) is 0 Å². The third-order valence-electron chi connectivity index (χ3n) is 3.20. The van der Waals surface area contributed by atoms with Gasteiger partial charge in [0, 0.05) is 12.6 Å². The molecule has 0 amide bonds. The van der Waals surface area contributed by atoms with Crippen molar-refractivity contribution in [2.75, 3.05) is 17.2 Å². The van der Waals surface area contributed by atoms with E-state index < -0.39 is 0 Å². The number of piperidine rings is 1. The Morgan fingerprint density at radius 1 is 1.47 bits per heavy atom. The molecule has 2 heterocycles. The molecule has 2 N–H and O–H groups in total. The zero-order valence-corrected chi connectivity index (χ0v) is 9.32. The molecule has 1 atom stereocenters. The third kappa shape index (κ3) is 2.22. The Kier molecular flexibility index (Phi) is 3.09. The highest BCUT2D eigenvalue weighted by Crippen LogP contribution is 2.25. The number of nitrogens with two attached hydrogens (primary N) is 1. The summed E-state index contributed by atoms with van der Waals surface area (Å²) in [4.78, 5) is 6.63. The number of pyridine rings is 1. The van der Waals surface area contributed by atoms with Crippen molar-refractivity contribution in [3.63, 3.8) is 0 Å². The smallest absolute Gasteiger partial charge is 0.123 e. The van der Waals surface area contributed by atoms with Gasteiger partial charge in [-0.1, -0.05) is 6.92 Å². The van der Waals surface area contributed by atoms with Crippen molar-refractivity contribution < 1.29 is 0 Å². The van der Waals surface area contributed by atoms with Gasteiger partial charge >= 0.3 is 0 Å². The van der Waals surface area contributed by atoms with Crippen molar-refractivity contribution in [1.82, 2.24) is 4.98 Å². The van der Waals surface area contributed by atoms with Crippen LogP contribution in [0.2, 0.25) is 0 Å². The summed E-state index contributed by atoms with van der Waals surface area (Å²) in [5.41, 5.74) is 6.81. The monoisotopic (exact) mass is 205 g/mol. The normalized spacial score (nSPS) is 21.7. The first-order chi connectivity index (χ1) is 7.31. The SMILES string of the molecule is CCC1CCCCN1c1ccc(N)nc1. The van der Waals surface area contributed by atoms with Crippen LogP contribution in [0.3, 0.4) is 0 Å². The lowest BCUT2D eigenvalue weighted by Gasteiger charge is -2.36. The molecular weight excluding hydrogens is 186 g/mol. The summed E-state index contributed by atoms with van der Waals surface area (Å²) in [6.07, 6.45) is 7.06. The van der Waals surface area contributed by atoms with Crippen LogP contribution in [-0.2, 0) is 0 Å². The molecule has 0 saturated carbocycles. The lowest BCUT2D eigenvalue weighted by Crippen LogP contribution is -2.39. The van der Waals surface area contributed by atoms with Gasteiger partial charge in [-0.3, -0.25) is 0 Å². The molecule has 0 radical (unpaired) electrons. The molecule has 1 aromatic heterocycles. The minimum Gasteiger partial charge on any atom is -0.384 e. The lowest BCUT2D eigenvalue weighted by atomic mass is 9.99. The van der Waals surface area contributed by atoms with E-state index in [1.165, 1.54) is 31.4 Å². The molecule has 0 bridgehead atoms. The fraction of sp³-hybridized carbons (Fsp3) is 0.583. The van der Waals surface area contributed by atoms with E-state index in [4.69, 9.17) is 5.73 Å². The highest BCUT2D eigenvalue weighted by molar-refractivity contribution is 5.49. The highest BCUT2D eigenvalue weighted by Gasteiger charge is 2.20. The molecule has 1 aliphatic rings. The van der Waals surface area contributed by atoms with Gasteiger partial charge in [-0.05, 0) is 37.8 Å². The van der Waals surface area contributed by atoms with Crippen molar-refractivity contribution in [2.24, 2.45) is 0 Å². The van der Waals surface area contributed by atoms with Crippen molar-refractivity contribution >= 4 is 11.5 Å². The van der Waals surface area contributed by atoms with E-state index in [2.05, 4.69) is 22.9 Å². The van der Waals surface area contributed by atoms with E-state index in [1.807, 2.05) is 12.3 Å². The maximum absolute atomic E-state index is 5.59. The molecule has 1 aromatic rings. The summed E-state index contributed by atoms with van der Waals surface area (Å²) in [6, 6.07) is 4.65. The molecule has 3 heteroatoms. The molecule has 1 aliphatic heterocycles. The van der Waals surface area contributed by atoms with E-state index in [0.717, 1.165) is 6.54 Å². The van der Waals surface area contributed by atoms with E-state index in [1.54, 1.807) is 0 Å². The van der Waals surface area contributed by atoms with Crippen LogP contribution < -0.4 is 10.6 Å². The fourth-order valence-corrected chi connectivity index (χ4v) is 2.33. The van der Waals surface area contributed by atoms with Gasteiger partial charge < -0.3 is 10.6 Å². The fourth-order valence-electron chi connectivity index (χ4n) is 2.33. The Labute approximate surface area is 91.3 Å². The first kappa shape index (κ1) is 10.3. The maximum atomic E-state index is 5.59. The van der Waals surface area contributed by atoms with E-state index in [0.29, 0.717) is 11.9 Å². The number of anilines is 2. The molecule has 1 fully saturated rings. The van der Waals surface area contributed by atoms with Gasteiger partial charge in [0.2, 0.25) is 0 Å². The molecular formula is C12H19N3. The van der Waals surface area contributed by atoms with Gasteiger partial charge in [0.1, 0.15) is 5.82 Å². The molecule has 0 aromatic carbocycles. The van der Waals surface area contributed by atoms with Crippen molar-refractivity contribution in [2.45, 2.75) is 38.6 Å². The number of rotatable bonds is 2. The van der Waals surface area contributed by atoms with Crippen LogP contribution in [0.15, 0.2) is 18.3 Å². The summed E-state index contributed by atoms with van der Waals surface area (Å²) < 4.78 is 0. The minimum absolute atomic E-state index is 0.601. The number of nitrogen functional groups attached to an aromatic ring is 1. The van der Waals surface area contributed by atoms with Crippen LogP contribution in [0.1, 0.15) is 32.6 Å². The first-order valence-electron chi connectivity index (χ1n) is 5.79. The van der Waals surface area contributed by atoms with Crippen LogP contribution in [-0.4, -0.2) is 17.6 Å². The summed E-state index contributed by atoms with van der Waals surface area (Å²) in [5, 5.41) is 0. The van der Waals surface area contributed by atoms with Gasteiger partial charge in [0.25, 0.3) is 0 Å². The second kappa shape index (κ2) is 4.51. The van der Waals surface area contributed by atoms with Crippen LogP contribution in [0.4, 0.5) is 11.5 Å². The quantitative estimate of drug-likeness (QED) is 0.806. The number of hydrogen-bond donors (Lipinski definition) is 1. The lowest BCUT2D eigenvalue weighted by molar-refractivity contribution is 0.449. The predicted octanol–water partition coefficient (Wildman–Crippen LogP) is 2.43. The van der Waals surface area contributed by atoms with Crippen molar-refractivity contribution in [3.8, 4) is 0 Å². The van der Waals surface area contributed by atoms with Gasteiger partial charge in [0.15, 0.2) is 0 Å². The average molecular weight is 205 g/mol. The summed E-state index contributed by atoms with van der Waals surface area (Å²) >= 11 is 0. The Bertz CT molecular complexity index is 307. The van der Waals surface area contributed by atoms with Crippen molar-refractivity contribution in [3.05, 3.63) is 18.3 Å². The Hall–Kier alpha value is -1.25. The standard InChI is InChI=1S/C12H19N3/c1-2-10-5-3-4-8-15(10)11-6-7-12(13)14-9-11/h6-7,9-10H,2-5,8H2,1H3,(H2,13,14). The Morgan fingerprint density at radius 3 is 3.00 bits per heavy atom. The van der Waals surface area contributed by atoms with Crippen LogP contribution >= 0.6 is 0 Å². The molecule has 1 saturated heterocycles. The molecule has 1 unspecified atom stereocenters. The van der Waals surface area contributed by atoms with E-state index >= 15 is 0 Å². The highest BCUT2D eigenvalue weighted by atomic mass is 15.2. The summed E-state index contributed by atoms with van der Waals surface area (Å²) in [7, 11) is 0. The van der Waals surface area contributed by atoms with Gasteiger partial charge in [-0.25, -0.2) is 4.98 Å². The zero-order chi connectivity index (χ0) is 10.7. The molecule has 3 nitrogen and oxygen atoms in total. The Balaban J connectivity index is 2.16. The molecule has 15 heavy (non-hydrogen) atoms. The third-order valence-corrected chi connectivity index (χ3v) is 3.20. The summed E-state index contributed by atoms with van der Waals surface area (Å²) in [6.45, 7) is 3.41. The van der Waals surface area contributed by atoms with Gasteiger partial charge in [-0.15, -0.1) is 0 Å². The van der Waals surface area contributed by atoms with E-state index in [-0.39, 0.29) is 0 Å². The Morgan fingerprint density at radius 2 is 2.33 bits per heavy atom. The van der Waals surface area contributed by atoms with Crippen LogP contribution in [0.5, 0.6) is 0 Å². The first-order valence-corrected chi connectivity index (χ1v) is 5.79. The molecule has 0 aliphatic carbocycles. The number of hydrogen-bond acceptors (Lipinski definition) is 3. The maximum Gasteiger partial charge on any atom is 0.123 e. The summed E-state index contributed by atoms with van der Waals surface area (Å²) in [5.74, 6) is 0.601. The van der Waals surface area contributed by atoms with Crippen molar-refractivity contribution in [1.29, 1.82) is 0 Å². The van der Waals surface area contributed by atoms with Gasteiger partial charge in [-0.2, -0.15) is 0 Å². The number of nitrogens with zero attached hydrogens (tertiary/aromatic N) is 2. The second-order valence-electron chi connectivity index (χ2n) is 4.19. The molecule has 2 rings (SSSR count). The topological polar surface area (TPSA) is 42.1 Å². The number of aromatic nitrogens is 1. The zero-order valence-electron chi connectivity index (χ0n) is 9.32. The largest absolute Gasteiger partial charge is 0.384 e. The minimum atomic E-state index is 0.601. The van der Waals surface area contributed by atoms with Crippen LogP contribution in [0.25, 0.3) is 0 Å². The van der Waals surface area contributed by atoms with Gasteiger partial charge in [0.05, 0.1) is 11.9 Å². The molecule has 0 spiro atoms.